The molecular weight excluding hydrogens is 439 g/mol. The highest BCUT2D eigenvalue weighted by atomic mass is 19.1. The van der Waals surface area contributed by atoms with Gasteiger partial charge in [0.15, 0.2) is 1.41 Å². The fourth-order valence-corrected chi connectivity index (χ4v) is 3.49. The molecule has 1 aliphatic heterocycles. The van der Waals surface area contributed by atoms with Crippen LogP contribution in [0, 0.1) is 23.1 Å². The van der Waals surface area contributed by atoms with Gasteiger partial charge in [-0.3, -0.25) is 4.79 Å². The van der Waals surface area contributed by atoms with Crippen molar-refractivity contribution >= 4 is 22.8 Å². The summed E-state index contributed by atoms with van der Waals surface area (Å²) in [6.07, 6.45) is -4.43. The molecule has 0 spiro atoms. The van der Waals surface area contributed by atoms with Gasteiger partial charge in [-0.05, 0) is 18.2 Å². The van der Waals surface area contributed by atoms with Crippen molar-refractivity contribution in [3.63, 3.8) is 0 Å². The van der Waals surface area contributed by atoms with E-state index in [1.165, 1.54) is 19.9 Å². The van der Waals surface area contributed by atoms with Gasteiger partial charge in [0.2, 0.25) is 11.7 Å². The van der Waals surface area contributed by atoms with Crippen LogP contribution in [0.25, 0.3) is 10.9 Å². The zero-order valence-corrected chi connectivity index (χ0v) is 17.7. The molecule has 1 amide bonds. The Hall–Kier alpha value is -3.53. The number of rotatable bonds is 7. The van der Waals surface area contributed by atoms with E-state index in [1.807, 2.05) is 6.07 Å². The van der Waals surface area contributed by atoms with E-state index in [0.717, 1.165) is 22.9 Å². The van der Waals surface area contributed by atoms with Crippen molar-refractivity contribution in [1.82, 2.24) is 15.1 Å². The molecule has 0 bridgehead atoms. The molecule has 3 rings (SSSR count). The second kappa shape index (κ2) is 9.53. The van der Waals surface area contributed by atoms with Crippen LogP contribution in [0.1, 0.15) is 25.6 Å². The van der Waals surface area contributed by atoms with Crippen LogP contribution in [0.3, 0.4) is 0 Å². The topological polar surface area (TPSA) is 178 Å². The lowest BCUT2D eigenvalue weighted by atomic mass is 9.91. The van der Waals surface area contributed by atoms with Gasteiger partial charge < -0.3 is 30.5 Å². The summed E-state index contributed by atoms with van der Waals surface area (Å²) in [5.41, 5.74) is -0.0551. The van der Waals surface area contributed by atoms with Crippen molar-refractivity contribution in [1.29, 1.82) is 5.26 Å². The average molecular weight is 463 g/mol. The number of carboxylic acid groups (broad SMARTS) is 1. The number of aliphatic carboxylic acids is 1. The van der Waals surface area contributed by atoms with E-state index in [9.17, 15) is 39.7 Å². The number of nitrogens with one attached hydrogen (secondary N) is 1. The maximum absolute atomic E-state index is 13.8. The van der Waals surface area contributed by atoms with E-state index < -0.39 is 66.4 Å². The Morgan fingerprint density at radius 3 is 2.70 bits per heavy atom. The molecule has 0 aliphatic carbocycles. The molecule has 1 aliphatic rings. The highest BCUT2D eigenvalue weighted by Crippen LogP contribution is 2.33. The summed E-state index contributed by atoms with van der Waals surface area (Å²) in [6.45, 7) is 2.11. The number of amides is 1. The summed E-state index contributed by atoms with van der Waals surface area (Å²) in [7, 11) is 0. The number of carboxylic acids is 1. The number of ether oxygens (including phenoxy) is 1. The number of hydrogen-bond donors (Lipinski definition) is 5. The summed E-state index contributed by atoms with van der Waals surface area (Å²) in [5.74, 6) is -4.32. The Bertz CT molecular complexity index is 1180. The van der Waals surface area contributed by atoms with Crippen molar-refractivity contribution in [3.8, 4) is 6.07 Å². The molecule has 2 aromatic rings. The Morgan fingerprint density at radius 1 is 1.42 bits per heavy atom. The van der Waals surface area contributed by atoms with Gasteiger partial charge in [0.05, 0.1) is 24.2 Å². The second-order valence-corrected chi connectivity index (χ2v) is 7.83. The minimum Gasteiger partial charge on any atom is -0.478 e. The van der Waals surface area contributed by atoms with Gasteiger partial charge in [-0.25, -0.2) is 13.9 Å². The molecule has 11 nitrogen and oxygen atoms in total. The van der Waals surface area contributed by atoms with E-state index in [1.54, 1.807) is 0 Å². The molecule has 0 radical (unpaired) electrons. The first-order valence-electron chi connectivity index (χ1n) is 10.4. The average Bonchev–Trinajstić information content (AvgIpc) is 3.18. The molecular formula is C21H23FN4O7. The zero-order valence-electron chi connectivity index (χ0n) is 18.7. The van der Waals surface area contributed by atoms with Crippen molar-refractivity contribution in [3.05, 3.63) is 41.5 Å². The predicted octanol–water partition coefficient (Wildman–Crippen LogP) is -0.190. The van der Waals surface area contributed by atoms with E-state index in [0.29, 0.717) is 5.31 Å². The number of aliphatic hydroxyl groups is 3. The Labute approximate surface area is 188 Å². The van der Waals surface area contributed by atoms with Gasteiger partial charge in [-0.15, -0.1) is 0 Å². The van der Waals surface area contributed by atoms with Crippen LogP contribution < -0.4 is 5.31 Å². The standard InChI is InChI=1S/C21H23FN4O7/c1-9(2)20(30)24-17-13(6-16(21(31)32)33-19(17)18(29)15(28)8-27)26-14(7-23)11-4-3-10(22)5-12(11)25-26/h3-6,9,13,15,17-19,27-29H,8H2,1-2H3,(H,24,30)(H,31,32)/t13-,15+,17+,18+,19+/m0/s1/i/hD. The molecule has 0 saturated carbocycles. The molecule has 2 heterocycles. The summed E-state index contributed by atoms with van der Waals surface area (Å²) < 4.78 is 28.6. The normalized spacial score (nSPS) is 22.7. The molecule has 33 heavy (non-hydrogen) atoms. The summed E-state index contributed by atoms with van der Waals surface area (Å²) in [6, 6.07) is 2.54. The molecule has 0 saturated heterocycles. The van der Waals surface area contributed by atoms with Crippen LogP contribution in [0.5, 0.6) is 0 Å². The van der Waals surface area contributed by atoms with Gasteiger partial charge in [0.1, 0.15) is 35.9 Å². The predicted molar refractivity (Wildman–Crippen MR) is 110 cm³/mol. The molecule has 5 N–H and O–H groups in total. The molecule has 1 aromatic carbocycles. The number of carbonyl (C=O) groups is 2. The van der Waals surface area contributed by atoms with Gasteiger partial charge in [0, 0.05) is 17.4 Å². The highest BCUT2D eigenvalue weighted by Gasteiger charge is 2.45. The smallest absolute Gasteiger partial charge is 0.370 e. The van der Waals surface area contributed by atoms with Crippen LogP contribution in [0.15, 0.2) is 30.0 Å². The lowest BCUT2D eigenvalue weighted by molar-refractivity contribution is -0.147. The maximum atomic E-state index is 13.8. The third-order valence-electron chi connectivity index (χ3n) is 5.22. The Morgan fingerprint density at radius 2 is 2.12 bits per heavy atom. The number of nitrogens with zero attached hydrogens (tertiary/aromatic N) is 3. The molecule has 1 aromatic heterocycles. The first-order valence-corrected chi connectivity index (χ1v) is 10.00. The van der Waals surface area contributed by atoms with Crippen LogP contribution in [0.4, 0.5) is 4.39 Å². The second-order valence-electron chi connectivity index (χ2n) is 7.83. The molecule has 5 atom stereocenters. The fourth-order valence-electron chi connectivity index (χ4n) is 3.49. The van der Waals surface area contributed by atoms with Crippen molar-refractivity contribution < 1.29 is 40.6 Å². The molecule has 0 fully saturated rings. The lowest BCUT2D eigenvalue weighted by Crippen LogP contribution is -2.59. The lowest BCUT2D eigenvalue weighted by Gasteiger charge is -2.40. The molecule has 176 valence electrons. The van der Waals surface area contributed by atoms with Crippen molar-refractivity contribution in [2.45, 2.75) is 44.2 Å². The summed E-state index contributed by atoms with van der Waals surface area (Å²) in [4.78, 5) is 24.5. The number of aliphatic hydroxyl groups excluding tert-OH is 3. The third kappa shape index (κ3) is 4.65. The number of halogens is 1. The van der Waals surface area contributed by atoms with Crippen LogP contribution in [-0.4, -0.2) is 73.0 Å². The van der Waals surface area contributed by atoms with Crippen LogP contribution in [-0.2, 0) is 14.3 Å². The molecule has 12 heteroatoms. The minimum absolute atomic E-state index is 0.0614. The largest absolute Gasteiger partial charge is 0.478 e. The number of benzene rings is 1. The monoisotopic (exact) mass is 463 g/mol. The van der Waals surface area contributed by atoms with E-state index in [2.05, 4.69) is 5.10 Å². The third-order valence-corrected chi connectivity index (χ3v) is 5.22. The van der Waals surface area contributed by atoms with Gasteiger partial charge in [0.25, 0.3) is 0 Å². The number of aromatic nitrogens is 2. The first-order chi connectivity index (χ1) is 16.0. The van der Waals surface area contributed by atoms with Gasteiger partial charge in [-0.1, -0.05) is 13.8 Å². The van der Waals surface area contributed by atoms with Gasteiger partial charge >= 0.3 is 5.97 Å². The SMILES string of the molecule is [2H]N(C(=O)C(C)C)[C@H]1[C@H]([C@H](O)[C@H](O)CO)OC(C(=O)O)=C[C@@H]1n1nc2cc(F)ccc2c1C#N. The minimum atomic E-state index is -1.93. The summed E-state index contributed by atoms with van der Waals surface area (Å²) >= 11 is 0. The van der Waals surface area contributed by atoms with Crippen LogP contribution >= 0.6 is 0 Å². The van der Waals surface area contributed by atoms with E-state index >= 15 is 0 Å². The quantitative estimate of drug-likeness (QED) is 0.372. The van der Waals surface area contributed by atoms with E-state index in [4.69, 9.17) is 6.15 Å². The first kappa shape index (κ1) is 22.7. The molecule has 0 unspecified atom stereocenters. The Kier molecular flexibility index (Phi) is 6.55. The highest BCUT2D eigenvalue weighted by molar-refractivity contribution is 5.86. The van der Waals surface area contributed by atoms with Gasteiger partial charge in [-0.2, -0.15) is 10.4 Å². The number of hydrogen-bond acceptors (Lipinski definition) is 8. The van der Waals surface area contributed by atoms with E-state index in [-0.39, 0.29) is 16.6 Å². The Balaban J connectivity index is 2.28. The summed E-state index contributed by atoms with van der Waals surface area (Å²) in [5, 5.41) is 54.2. The zero-order chi connectivity index (χ0) is 25.3. The number of carbonyl (C=O) groups excluding carboxylic acids is 1. The van der Waals surface area contributed by atoms with Crippen molar-refractivity contribution in [2.24, 2.45) is 5.92 Å². The van der Waals surface area contributed by atoms with Crippen molar-refractivity contribution in [2.75, 3.05) is 6.61 Å². The fraction of sp³-hybridized carbons (Fsp3) is 0.429. The van der Waals surface area contributed by atoms with Crippen LogP contribution in [0.2, 0.25) is 1.41 Å². The number of nitriles is 1. The maximum Gasteiger partial charge on any atom is 0.370 e. The number of fused-ring (bicyclic) bond motifs is 1.